The summed E-state index contributed by atoms with van der Waals surface area (Å²) < 4.78 is 46.6. The van der Waals surface area contributed by atoms with Crippen LogP contribution in [0.3, 0.4) is 0 Å². The first-order chi connectivity index (χ1) is 23.1. The number of carbonyl (C=O) groups is 2. The van der Waals surface area contributed by atoms with Gasteiger partial charge in [0.05, 0.1) is 23.6 Å². The van der Waals surface area contributed by atoms with Gasteiger partial charge in [-0.3, -0.25) is 5.32 Å². The minimum Gasteiger partial charge on any atom is -0.462 e. The van der Waals surface area contributed by atoms with E-state index in [0.29, 0.717) is 28.2 Å². The summed E-state index contributed by atoms with van der Waals surface area (Å²) in [4.78, 5) is 30.0. The van der Waals surface area contributed by atoms with Gasteiger partial charge in [0.15, 0.2) is 11.5 Å². The zero-order valence-corrected chi connectivity index (χ0v) is 25.3. The van der Waals surface area contributed by atoms with Crippen molar-refractivity contribution in [1.29, 1.82) is 0 Å². The molecule has 0 radical (unpaired) electrons. The molecule has 3 heterocycles. The molecule has 0 unspecified atom stereocenters. The van der Waals surface area contributed by atoms with E-state index in [1.807, 2.05) is 30.3 Å². The fourth-order valence-electron chi connectivity index (χ4n) is 5.08. The Bertz CT molecular complexity index is 2120. The highest BCUT2D eigenvalue weighted by Gasteiger charge is 2.31. The van der Waals surface area contributed by atoms with Gasteiger partial charge in [0.2, 0.25) is 0 Å². The van der Waals surface area contributed by atoms with Crippen LogP contribution in [-0.4, -0.2) is 43.4 Å². The van der Waals surface area contributed by atoms with E-state index in [9.17, 15) is 22.8 Å². The van der Waals surface area contributed by atoms with E-state index < -0.39 is 23.7 Å². The largest absolute Gasteiger partial charge is 0.462 e. The summed E-state index contributed by atoms with van der Waals surface area (Å²) in [5.74, 6) is -0.586. The van der Waals surface area contributed by atoms with Crippen molar-refractivity contribution in [2.45, 2.75) is 19.5 Å². The van der Waals surface area contributed by atoms with E-state index in [1.165, 1.54) is 22.8 Å². The van der Waals surface area contributed by atoms with E-state index in [1.54, 1.807) is 43.3 Å². The van der Waals surface area contributed by atoms with Crippen LogP contribution in [0.2, 0.25) is 0 Å². The molecule has 0 fully saturated rings. The molecular formula is C34H27F3N8O3. The summed E-state index contributed by atoms with van der Waals surface area (Å²) in [7, 11) is 0. The second-order valence-corrected chi connectivity index (χ2v) is 10.6. The Labute approximate surface area is 271 Å². The van der Waals surface area contributed by atoms with E-state index >= 15 is 0 Å². The van der Waals surface area contributed by atoms with Crippen LogP contribution < -0.4 is 16.4 Å². The highest BCUT2D eigenvalue weighted by molar-refractivity contribution is 5.99. The van der Waals surface area contributed by atoms with Crippen molar-refractivity contribution in [1.82, 2.24) is 24.8 Å². The van der Waals surface area contributed by atoms with E-state index in [0.717, 1.165) is 17.7 Å². The molecule has 0 atom stereocenters. The molecule has 4 N–H and O–H groups in total. The number of fused-ring (bicyclic) bond motifs is 1. The molecule has 0 saturated heterocycles. The fraction of sp³-hybridized carbons (Fsp3) is 0.118. The molecule has 0 bridgehead atoms. The molecule has 242 valence electrons. The quantitative estimate of drug-likeness (QED) is 0.152. The minimum absolute atomic E-state index is 0.0589. The maximum Gasteiger partial charge on any atom is 0.416 e. The summed E-state index contributed by atoms with van der Waals surface area (Å²) >= 11 is 0. The number of carbonyl (C=O) groups excluding carboxylic acids is 2. The van der Waals surface area contributed by atoms with Crippen molar-refractivity contribution < 1.29 is 27.5 Å². The van der Waals surface area contributed by atoms with Gasteiger partial charge in [-0.15, -0.1) is 10.2 Å². The Morgan fingerprint density at radius 3 is 2.40 bits per heavy atom. The molecule has 2 amide bonds. The number of aryl methyl sites for hydroxylation is 1. The Morgan fingerprint density at radius 1 is 0.896 bits per heavy atom. The van der Waals surface area contributed by atoms with Crippen LogP contribution >= 0.6 is 0 Å². The summed E-state index contributed by atoms with van der Waals surface area (Å²) in [5.41, 5.74) is 9.32. The van der Waals surface area contributed by atoms with Crippen molar-refractivity contribution in [3.8, 4) is 22.4 Å². The van der Waals surface area contributed by atoms with Crippen LogP contribution in [0.25, 0.3) is 28.0 Å². The molecule has 14 heteroatoms. The zero-order valence-electron chi connectivity index (χ0n) is 25.3. The summed E-state index contributed by atoms with van der Waals surface area (Å²) in [6.45, 7) is 1.55. The van der Waals surface area contributed by atoms with E-state index in [4.69, 9.17) is 10.5 Å². The molecule has 48 heavy (non-hydrogen) atoms. The van der Waals surface area contributed by atoms with E-state index in [2.05, 4.69) is 30.9 Å². The molecule has 3 aromatic heterocycles. The Hall–Kier alpha value is -6.31. The third-order valence-corrected chi connectivity index (χ3v) is 7.40. The Morgan fingerprint density at radius 2 is 1.65 bits per heavy atom. The topological polar surface area (TPSA) is 149 Å². The lowest BCUT2D eigenvalue weighted by atomic mass is 10.0. The Balaban J connectivity index is 1.10. The first-order valence-electron chi connectivity index (χ1n) is 14.6. The number of nitrogen functional groups attached to an aromatic ring is 1. The maximum absolute atomic E-state index is 13.3. The third kappa shape index (κ3) is 6.77. The van der Waals surface area contributed by atoms with Crippen LogP contribution in [0.5, 0.6) is 0 Å². The van der Waals surface area contributed by atoms with Gasteiger partial charge in [0, 0.05) is 29.4 Å². The molecule has 0 aliphatic rings. The highest BCUT2D eigenvalue weighted by atomic mass is 19.4. The number of alkyl halides is 3. The molecule has 0 aliphatic heterocycles. The van der Waals surface area contributed by atoms with Gasteiger partial charge in [-0.05, 0) is 48.4 Å². The van der Waals surface area contributed by atoms with Gasteiger partial charge in [-0.2, -0.15) is 22.8 Å². The van der Waals surface area contributed by atoms with Gasteiger partial charge in [-0.1, -0.05) is 60.7 Å². The standard InChI is InChI=1S/C34H27F3N8O3/c1-20-29(23-11-7-12-24(18-23)34(35,36)37)31-39-19-25(30(38)45(31)44-20)32(46)48-17-16-22-10-5-6-13-26(22)40-33(47)41-28-15-14-27(42-43-28)21-8-3-2-4-9-21/h2-15,18-19H,16-17,38H2,1H3,(H2,40,41,43,47). The second-order valence-electron chi connectivity index (χ2n) is 10.6. The average molecular weight is 653 g/mol. The lowest BCUT2D eigenvalue weighted by Crippen LogP contribution is -2.21. The number of aromatic nitrogens is 5. The van der Waals surface area contributed by atoms with Gasteiger partial charge in [0.25, 0.3) is 0 Å². The smallest absolute Gasteiger partial charge is 0.416 e. The van der Waals surface area contributed by atoms with Crippen molar-refractivity contribution in [2.24, 2.45) is 0 Å². The highest BCUT2D eigenvalue weighted by Crippen LogP contribution is 2.35. The minimum atomic E-state index is -4.52. The number of hydrogen-bond acceptors (Lipinski definition) is 8. The average Bonchev–Trinajstić information content (AvgIpc) is 3.42. The molecule has 11 nitrogen and oxygen atoms in total. The second kappa shape index (κ2) is 13.2. The predicted molar refractivity (Wildman–Crippen MR) is 173 cm³/mol. The summed E-state index contributed by atoms with van der Waals surface area (Å²) in [6.07, 6.45) is -3.06. The van der Waals surface area contributed by atoms with Crippen molar-refractivity contribution in [3.05, 3.63) is 120 Å². The van der Waals surface area contributed by atoms with Gasteiger partial charge >= 0.3 is 18.2 Å². The van der Waals surface area contributed by atoms with Gasteiger partial charge in [-0.25, -0.2) is 14.6 Å². The number of rotatable bonds is 8. The number of ether oxygens (including phenoxy) is 1. The number of urea groups is 1. The zero-order chi connectivity index (χ0) is 33.8. The van der Waals surface area contributed by atoms with Crippen molar-refractivity contribution >= 4 is 35.0 Å². The number of amides is 2. The van der Waals surface area contributed by atoms with Crippen LogP contribution in [0, 0.1) is 6.92 Å². The number of anilines is 3. The first-order valence-corrected chi connectivity index (χ1v) is 14.6. The van der Waals surface area contributed by atoms with Crippen molar-refractivity contribution in [2.75, 3.05) is 23.0 Å². The number of benzene rings is 3. The fourth-order valence-corrected chi connectivity index (χ4v) is 5.08. The van der Waals surface area contributed by atoms with Crippen molar-refractivity contribution in [3.63, 3.8) is 0 Å². The molecule has 0 spiro atoms. The van der Waals surface area contributed by atoms with Crippen LogP contribution in [0.4, 0.5) is 35.3 Å². The number of nitrogens with two attached hydrogens (primary N) is 1. The summed E-state index contributed by atoms with van der Waals surface area (Å²) in [5, 5.41) is 18.0. The van der Waals surface area contributed by atoms with Crippen LogP contribution in [0.15, 0.2) is 97.2 Å². The summed E-state index contributed by atoms with van der Waals surface area (Å²) in [6, 6.07) is 24.2. The number of nitrogens with one attached hydrogen (secondary N) is 2. The number of nitrogens with zero attached hydrogens (tertiary/aromatic N) is 5. The molecule has 6 aromatic rings. The maximum atomic E-state index is 13.3. The lowest BCUT2D eigenvalue weighted by molar-refractivity contribution is -0.137. The lowest BCUT2D eigenvalue weighted by Gasteiger charge is -2.12. The van der Waals surface area contributed by atoms with Crippen LogP contribution in [0.1, 0.15) is 27.2 Å². The molecule has 3 aromatic carbocycles. The number of esters is 1. The van der Waals surface area contributed by atoms with Crippen LogP contribution in [-0.2, 0) is 17.3 Å². The molecular weight excluding hydrogens is 625 g/mol. The predicted octanol–water partition coefficient (Wildman–Crippen LogP) is 6.81. The van der Waals surface area contributed by atoms with Gasteiger partial charge < -0.3 is 15.8 Å². The Kier molecular flexibility index (Phi) is 8.71. The van der Waals surface area contributed by atoms with E-state index in [-0.39, 0.29) is 41.4 Å². The number of hydrogen-bond donors (Lipinski definition) is 3. The third-order valence-electron chi connectivity index (χ3n) is 7.40. The monoisotopic (exact) mass is 652 g/mol. The number of para-hydroxylation sites is 1. The SMILES string of the molecule is Cc1nn2c(N)c(C(=O)OCCc3ccccc3NC(=O)Nc3ccc(-c4ccccc4)nn3)cnc2c1-c1cccc(C(F)(F)F)c1. The molecule has 6 rings (SSSR count). The normalized spacial score (nSPS) is 11.3. The molecule has 0 aliphatic carbocycles. The first kappa shape index (κ1) is 31.7. The molecule has 0 saturated carbocycles. The van der Waals surface area contributed by atoms with Gasteiger partial charge in [0.1, 0.15) is 11.4 Å². The number of halogens is 3.